The maximum atomic E-state index is 14.4. The smallest absolute Gasteiger partial charge is 0.420 e. The molecule has 1 atom stereocenters. The number of aromatic nitrogens is 3. The Morgan fingerprint density at radius 3 is 2.23 bits per heavy atom. The van der Waals surface area contributed by atoms with Crippen molar-refractivity contribution in [1.29, 1.82) is 0 Å². The number of piperidine rings is 1. The number of hydrogen-bond acceptors (Lipinski definition) is 10. The van der Waals surface area contributed by atoms with Crippen LogP contribution >= 0.6 is 0 Å². The van der Waals surface area contributed by atoms with E-state index in [1.807, 2.05) is 65.8 Å². The van der Waals surface area contributed by atoms with Crippen molar-refractivity contribution in [1.82, 2.24) is 19.5 Å². The van der Waals surface area contributed by atoms with E-state index < -0.39 is 25.6 Å². The predicted molar refractivity (Wildman–Crippen MR) is 206 cm³/mol. The summed E-state index contributed by atoms with van der Waals surface area (Å²) in [5.74, 6) is 1.71. The summed E-state index contributed by atoms with van der Waals surface area (Å²) in [6.45, 7) is 24.5. The molecule has 2 amide bonds. The first kappa shape index (κ1) is 40.9. The molecule has 1 aromatic carbocycles. The molecule has 1 aliphatic rings. The van der Waals surface area contributed by atoms with Crippen LogP contribution in [0.25, 0.3) is 5.65 Å². The summed E-state index contributed by atoms with van der Waals surface area (Å²) < 4.78 is 31.1. The van der Waals surface area contributed by atoms with E-state index in [1.54, 1.807) is 33.7 Å². The van der Waals surface area contributed by atoms with E-state index in [2.05, 4.69) is 44.3 Å². The summed E-state index contributed by atoms with van der Waals surface area (Å²) in [5.41, 5.74) is 0.449. The lowest BCUT2D eigenvalue weighted by molar-refractivity contribution is 0.0206. The van der Waals surface area contributed by atoms with Gasteiger partial charge in [0.05, 0.1) is 18.5 Å². The zero-order chi connectivity index (χ0) is 38.5. The number of carbonyl (C=O) groups excluding carboxylic acids is 2. The summed E-state index contributed by atoms with van der Waals surface area (Å²) in [6, 6.07) is 8.96. The van der Waals surface area contributed by atoms with Crippen molar-refractivity contribution in [2.75, 3.05) is 50.2 Å². The molecule has 1 aliphatic heterocycles. The lowest BCUT2D eigenvalue weighted by Gasteiger charge is -2.37. The van der Waals surface area contributed by atoms with Crippen molar-refractivity contribution in [3.05, 3.63) is 42.1 Å². The van der Waals surface area contributed by atoms with Crippen LogP contribution in [0.15, 0.2) is 36.5 Å². The van der Waals surface area contributed by atoms with Gasteiger partial charge in [-0.15, -0.1) is 0 Å². The van der Waals surface area contributed by atoms with E-state index in [4.69, 9.17) is 28.4 Å². The maximum Gasteiger partial charge on any atom is 0.420 e. The fourth-order valence-corrected chi connectivity index (χ4v) is 6.55. The number of rotatable bonds is 12. The molecule has 0 aliphatic carbocycles. The van der Waals surface area contributed by atoms with Gasteiger partial charge in [-0.2, -0.15) is 9.61 Å². The zero-order valence-corrected chi connectivity index (χ0v) is 34.3. The van der Waals surface area contributed by atoms with Crippen LogP contribution in [0.2, 0.25) is 18.1 Å². The number of amides is 2. The van der Waals surface area contributed by atoms with Gasteiger partial charge in [-0.05, 0) is 96.8 Å². The SMILES string of the molecule is COCCOc1ccc(N(C(=O)OC(C)(C)C)c2c(CCO[Si](C)(C)C(C)(C)C)c(N[C@H]3CCCN(C(=O)OC(C)(C)C)C3)nc3ccnn23)cc1. The summed E-state index contributed by atoms with van der Waals surface area (Å²) in [5, 5.41) is 8.34. The van der Waals surface area contributed by atoms with Gasteiger partial charge >= 0.3 is 12.2 Å². The number of ether oxygens (including phenoxy) is 4. The van der Waals surface area contributed by atoms with E-state index >= 15 is 0 Å². The molecule has 1 saturated heterocycles. The van der Waals surface area contributed by atoms with Crippen LogP contribution in [0, 0.1) is 0 Å². The number of benzene rings is 1. The van der Waals surface area contributed by atoms with E-state index in [-0.39, 0.29) is 17.2 Å². The van der Waals surface area contributed by atoms with Crippen LogP contribution < -0.4 is 15.0 Å². The Kier molecular flexibility index (Phi) is 12.9. The Morgan fingerprint density at radius 1 is 0.942 bits per heavy atom. The van der Waals surface area contributed by atoms with Gasteiger partial charge in [-0.3, -0.25) is 0 Å². The highest BCUT2D eigenvalue weighted by Gasteiger charge is 2.38. The Labute approximate surface area is 310 Å². The third-order valence-corrected chi connectivity index (χ3v) is 13.6. The summed E-state index contributed by atoms with van der Waals surface area (Å²) in [4.78, 5) is 35.8. The van der Waals surface area contributed by atoms with E-state index in [0.717, 1.165) is 18.4 Å². The van der Waals surface area contributed by atoms with Crippen LogP contribution in [0.5, 0.6) is 5.75 Å². The van der Waals surface area contributed by atoms with Crippen molar-refractivity contribution in [2.24, 2.45) is 0 Å². The molecule has 1 fully saturated rings. The Morgan fingerprint density at radius 2 is 1.62 bits per heavy atom. The zero-order valence-electron chi connectivity index (χ0n) is 33.3. The maximum absolute atomic E-state index is 14.4. The number of hydrogen-bond donors (Lipinski definition) is 1. The molecular formula is C38H60N6O7Si. The molecule has 0 radical (unpaired) electrons. The van der Waals surface area contributed by atoms with Crippen LogP contribution in [0.1, 0.15) is 80.7 Å². The summed E-state index contributed by atoms with van der Waals surface area (Å²) in [7, 11) is -0.508. The topological polar surface area (TPSA) is 129 Å². The Bertz CT molecular complexity index is 1660. The highest BCUT2D eigenvalue weighted by molar-refractivity contribution is 6.74. The quantitative estimate of drug-likeness (QED) is 0.143. The van der Waals surface area contributed by atoms with Gasteiger partial charge < -0.3 is 33.6 Å². The number of likely N-dealkylation sites (tertiary alicyclic amines) is 1. The first-order valence-corrected chi connectivity index (χ1v) is 21.1. The van der Waals surface area contributed by atoms with E-state index in [1.165, 1.54) is 0 Å². The number of nitrogens with zero attached hydrogens (tertiary/aromatic N) is 5. The second kappa shape index (κ2) is 16.4. The van der Waals surface area contributed by atoms with Crippen LogP contribution in [-0.2, 0) is 25.1 Å². The van der Waals surface area contributed by atoms with E-state index in [0.29, 0.717) is 68.1 Å². The Hall–Kier alpha value is -3.88. The predicted octanol–water partition coefficient (Wildman–Crippen LogP) is 8.20. The molecule has 13 nitrogen and oxygen atoms in total. The standard InChI is InChI=1S/C38H60N6O7Si/c1-36(2,3)50-34(45)42-22-13-14-27(26-42)40-32-30(20-23-49-52(11,12)38(7,8)9)33(44-31(41-32)19-21-39-44)43(35(46)51-37(4,5)6)28-15-17-29(18-16-28)48-25-24-47-10/h15-19,21,27H,13-14,20,22-26H2,1-12H3,(H,40,41)/t27-/m0/s1. The molecule has 0 bridgehead atoms. The molecule has 3 heterocycles. The minimum atomic E-state index is -2.13. The molecule has 14 heteroatoms. The van der Waals surface area contributed by atoms with Gasteiger partial charge in [0.1, 0.15) is 29.4 Å². The van der Waals surface area contributed by atoms with E-state index in [9.17, 15) is 9.59 Å². The van der Waals surface area contributed by atoms with Crippen LogP contribution in [0.4, 0.5) is 26.9 Å². The molecule has 1 N–H and O–H groups in total. The Balaban J connectivity index is 1.84. The highest BCUT2D eigenvalue weighted by Crippen LogP contribution is 2.39. The highest BCUT2D eigenvalue weighted by atomic mass is 28.4. The van der Waals surface area contributed by atoms with Crippen molar-refractivity contribution >= 4 is 43.5 Å². The molecule has 0 spiro atoms. The number of carbonyl (C=O) groups is 2. The molecule has 4 rings (SSSR count). The number of anilines is 3. The molecular weight excluding hydrogens is 681 g/mol. The van der Waals surface area contributed by atoms with Crippen molar-refractivity contribution in [2.45, 2.75) is 117 Å². The molecule has 288 valence electrons. The molecule has 0 unspecified atom stereocenters. The first-order valence-electron chi connectivity index (χ1n) is 18.2. The van der Waals surface area contributed by atoms with Crippen molar-refractivity contribution in [3.63, 3.8) is 0 Å². The third kappa shape index (κ3) is 10.8. The fraction of sp³-hybridized carbons (Fsp3) is 0.632. The van der Waals surface area contributed by atoms with Crippen LogP contribution in [0.3, 0.4) is 0 Å². The molecule has 2 aromatic heterocycles. The van der Waals surface area contributed by atoms with Gasteiger partial charge in [0, 0.05) is 50.9 Å². The fourth-order valence-electron chi connectivity index (χ4n) is 5.50. The minimum absolute atomic E-state index is 0.00391. The molecule has 3 aromatic rings. The second-order valence-electron chi connectivity index (χ2n) is 16.8. The number of methoxy groups -OCH3 is 1. The number of nitrogens with one attached hydrogen (secondary N) is 1. The first-order chi connectivity index (χ1) is 24.2. The second-order valence-corrected chi connectivity index (χ2v) is 21.6. The van der Waals surface area contributed by atoms with Gasteiger partial charge in [0.2, 0.25) is 0 Å². The average molecular weight is 741 g/mol. The molecule has 0 saturated carbocycles. The largest absolute Gasteiger partial charge is 0.491 e. The monoisotopic (exact) mass is 740 g/mol. The lowest BCUT2D eigenvalue weighted by Crippen LogP contribution is -2.47. The van der Waals surface area contributed by atoms with Gasteiger partial charge in [-0.25, -0.2) is 19.5 Å². The summed E-state index contributed by atoms with van der Waals surface area (Å²) >= 11 is 0. The van der Waals surface area contributed by atoms with Gasteiger partial charge in [0.25, 0.3) is 0 Å². The van der Waals surface area contributed by atoms with Crippen molar-refractivity contribution < 1.29 is 33.0 Å². The third-order valence-electron chi connectivity index (χ3n) is 9.08. The minimum Gasteiger partial charge on any atom is -0.491 e. The van der Waals surface area contributed by atoms with Gasteiger partial charge in [0.15, 0.2) is 19.8 Å². The lowest BCUT2D eigenvalue weighted by atomic mass is 10.1. The normalized spacial score (nSPS) is 15.8. The molecule has 52 heavy (non-hydrogen) atoms. The number of fused-ring (bicyclic) bond motifs is 1. The average Bonchev–Trinajstić information content (AvgIpc) is 3.49. The van der Waals surface area contributed by atoms with Crippen LogP contribution in [-0.4, -0.2) is 97.3 Å². The van der Waals surface area contributed by atoms with Gasteiger partial charge in [-0.1, -0.05) is 20.8 Å². The van der Waals surface area contributed by atoms with Crippen molar-refractivity contribution in [3.8, 4) is 5.75 Å². The summed E-state index contributed by atoms with van der Waals surface area (Å²) in [6.07, 6.45) is 2.79.